The van der Waals surface area contributed by atoms with Crippen LogP contribution in [-0.4, -0.2) is 62.6 Å². The molecule has 1 aromatic rings. The van der Waals surface area contributed by atoms with Crippen LogP contribution in [0.2, 0.25) is 0 Å². The van der Waals surface area contributed by atoms with Crippen molar-refractivity contribution in [2.24, 2.45) is 0 Å². The summed E-state index contributed by atoms with van der Waals surface area (Å²) < 4.78 is 0. The van der Waals surface area contributed by atoms with Gasteiger partial charge in [0.15, 0.2) is 0 Å². The second kappa shape index (κ2) is 4.80. The highest BCUT2D eigenvalue weighted by Crippen LogP contribution is 2.24. The van der Waals surface area contributed by atoms with Crippen molar-refractivity contribution in [3.63, 3.8) is 0 Å². The van der Waals surface area contributed by atoms with E-state index < -0.39 is 0 Å². The molecule has 3 rings (SSSR count). The van der Waals surface area contributed by atoms with Crippen LogP contribution in [0.4, 0.5) is 5.95 Å². The van der Waals surface area contributed by atoms with E-state index in [0.29, 0.717) is 6.04 Å². The van der Waals surface area contributed by atoms with Crippen LogP contribution < -0.4 is 5.73 Å². The fourth-order valence-corrected chi connectivity index (χ4v) is 3.14. The van der Waals surface area contributed by atoms with E-state index in [1.807, 2.05) is 4.90 Å². The number of rotatable bonds is 1. The molecule has 3 N–H and O–H groups in total. The van der Waals surface area contributed by atoms with Crippen molar-refractivity contribution in [3.8, 4) is 0 Å². The average molecular weight is 264 g/mol. The second-order valence-electron chi connectivity index (χ2n) is 5.49. The summed E-state index contributed by atoms with van der Waals surface area (Å²) in [6.07, 6.45) is 3.71. The molecular weight excluding hydrogens is 244 g/mol. The van der Waals surface area contributed by atoms with Crippen LogP contribution in [0.1, 0.15) is 36.8 Å². The Labute approximate surface area is 112 Å². The zero-order valence-electron chi connectivity index (χ0n) is 11.2. The van der Waals surface area contributed by atoms with Gasteiger partial charge in [-0.05, 0) is 26.3 Å². The van der Waals surface area contributed by atoms with Gasteiger partial charge in [0.05, 0.1) is 0 Å². The number of carbonyl (C=O) groups is 1. The number of amides is 1. The van der Waals surface area contributed by atoms with Crippen LogP contribution in [0, 0.1) is 0 Å². The molecule has 2 unspecified atom stereocenters. The normalized spacial score (nSPS) is 28.2. The highest BCUT2D eigenvalue weighted by Gasteiger charge is 2.36. The van der Waals surface area contributed by atoms with E-state index in [4.69, 9.17) is 5.73 Å². The van der Waals surface area contributed by atoms with Crippen LogP contribution in [0.15, 0.2) is 0 Å². The largest absolute Gasteiger partial charge is 0.366 e. The Morgan fingerprint density at radius 1 is 1.42 bits per heavy atom. The number of hydrogen-bond donors (Lipinski definition) is 2. The van der Waals surface area contributed by atoms with Gasteiger partial charge < -0.3 is 10.6 Å². The topological polar surface area (TPSA) is 91.1 Å². The van der Waals surface area contributed by atoms with Crippen LogP contribution >= 0.6 is 0 Å². The first-order valence-electron chi connectivity index (χ1n) is 6.88. The Morgan fingerprint density at radius 3 is 3.00 bits per heavy atom. The first kappa shape index (κ1) is 12.4. The first-order valence-corrected chi connectivity index (χ1v) is 6.88. The molecule has 19 heavy (non-hydrogen) atoms. The Bertz CT molecular complexity index is 473. The molecule has 1 aromatic heterocycles. The third-order valence-electron chi connectivity index (χ3n) is 4.15. The van der Waals surface area contributed by atoms with Crippen LogP contribution in [0.5, 0.6) is 0 Å². The molecule has 0 bridgehead atoms. The summed E-state index contributed by atoms with van der Waals surface area (Å²) in [4.78, 5) is 20.7. The summed E-state index contributed by atoms with van der Waals surface area (Å²) in [5.74, 6) is 0.267. The fraction of sp³-hybridized carbons (Fsp3) is 0.750. The molecule has 0 saturated carbocycles. The minimum absolute atomic E-state index is 0.0954. The summed E-state index contributed by atoms with van der Waals surface area (Å²) in [7, 11) is 0. The zero-order chi connectivity index (χ0) is 13.4. The summed E-state index contributed by atoms with van der Waals surface area (Å²) in [6.45, 7) is 4.97. The SMILES string of the molecule is CC1CN2CCCCC2CN1C(=O)c1nc(N)n[nH]1. The summed E-state index contributed by atoms with van der Waals surface area (Å²) >= 11 is 0. The van der Waals surface area contributed by atoms with Gasteiger partial charge in [0.25, 0.3) is 5.91 Å². The number of hydrogen-bond acceptors (Lipinski definition) is 5. The van der Waals surface area contributed by atoms with E-state index >= 15 is 0 Å². The number of fused-ring (bicyclic) bond motifs is 1. The molecule has 0 aromatic carbocycles. The lowest BCUT2D eigenvalue weighted by Gasteiger charge is -2.47. The smallest absolute Gasteiger partial charge is 0.291 e. The Hall–Kier alpha value is -1.63. The maximum Gasteiger partial charge on any atom is 0.291 e. The summed E-state index contributed by atoms with van der Waals surface area (Å²) in [6, 6.07) is 0.697. The maximum atomic E-state index is 12.4. The number of piperidine rings is 1. The lowest BCUT2D eigenvalue weighted by molar-refractivity contribution is 0.0144. The summed E-state index contributed by atoms with van der Waals surface area (Å²) in [5.41, 5.74) is 5.45. The number of carbonyl (C=O) groups excluding carboxylic acids is 1. The molecule has 0 radical (unpaired) electrons. The number of nitrogens with one attached hydrogen (secondary N) is 1. The van der Waals surface area contributed by atoms with Gasteiger partial charge in [-0.3, -0.25) is 14.8 Å². The third-order valence-corrected chi connectivity index (χ3v) is 4.15. The molecule has 2 aliphatic heterocycles. The molecule has 1 amide bonds. The van der Waals surface area contributed by atoms with Crippen molar-refractivity contribution in [1.29, 1.82) is 0 Å². The third kappa shape index (κ3) is 2.30. The van der Waals surface area contributed by atoms with Gasteiger partial charge in [-0.2, -0.15) is 4.98 Å². The van der Waals surface area contributed by atoms with Gasteiger partial charge >= 0.3 is 0 Å². The van der Waals surface area contributed by atoms with E-state index in [9.17, 15) is 4.79 Å². The van der Waals surface area contributed by atoms with Crippen molar-refractivity contribution in [2.45, 2.75) is 38.3 Å². The minimum Gasteiger partial charge on any atom is -0.366 e. The quantitative estimate of drug-likeness (QED) is 0.750. The van der Waals surface area contributed by atoms with Crippen LogP contribution in [-0.2, 0) is 0 Å². The number of aromatic amines is 1. The number of aromatic nitrogens is 3. The van der Waals surface area contributed by atoms with Crippen molar-refractivity contribution in [1.82, 2.24) is 25.0 Å². The lowest BCUT2D eigenvalue weighted by Crippen LogP contribution is -2.60. The Kier molecular flexibility index (Phi) is 3.14. The van der Waals surface area contributed by atoms with Gasteiger partial charge in [0.2, 0.25) is 11.8 Å². The number of nitrogens with two attached hydrogens (primary N) is 1. The number of nitrogen functional groups attached to an aromatic ring is 1. The van der Waals surface area contributed by atoms with Crippen molar-refractivity contribution < 1.29 is 4.79 Å². The minimum atomic E-state index is -0.0954. The monoisotopic (exact) mass is 264 g/mol. The van der Waals surface area contributed by atoms with Gasteiger partial charge in [-0.15, -0.1) is 5.10 Å². The van der Waals surface area contributed by atoms with Gasteiger partial charge in [0, 0.05) is 25.2 Å². The van der Waals surface area contributed by atoms with Gasteiger partial charge in [0.1, 0.15) is 0 Å². The molecule has 7 heteroatoms. The van der Waals surface area contributed by atoms with E-state index in [2.05, 4.69) is 27.0 Å². The number of anilines is 1. The first-order chi connectivity index (χ1) is 9.15. The predicted octanol–water partition coefficient (Wildman–Crippen LogP) is 0.0857. The molecule has 2 aliphatic rings. The Morgan fingerprint density at radius 2 is 2.26 bits per heavy atom. The average Bonchev–Trinajstić information content (AvgIpc) is 2.84. The number of nitrogens with zero attached hydrogens (tertiary/aromatic N) is 4. The number of piperazine rings is 1. The molecule has 7 nitrogen and oxygen atoms in total. The molecule has 2 fully saturated rings. The maximum absolute atomic E-state index is 12.4. The van der Waals surface area contributed by atoms with Gasteiger partial charge in [-0.25, -0.2) is 0 Å². The molecule has 2 saturated heterocycles. The highest BCUT2D eigenvalue weighted by molar-refractivity contribution is 5.91. The van der Waals surface area contributed by atoms with Crippen LogP contribution in [0.3, 0.4) is 0 Å². The van der Waals surface area contributed by atoms with E-state index in [1.54, 1.807) is 0 Å². The van der Waals surface area contributed by atoms with Crippen LogP contribution in [0.25, 0.3) is 0 Å². The highest BCUT2D eigenvalue weighted by atomic mass is 16.2. The van der Waals surface area contributed by atoms with E-state index in [0.717, 1.165) is 19.6 Å². The predicted molar refractivity (Wildman–Crippen MR) is 70.5 cm³/mol. The van der Waals surface area contributed by atoms with E-state index in [1.165, 1.54) is 19.3 Å². The molecule has 2 atom stereocenters. The van der Waals surface area contributed by atoms with E-state index in [-0.39, 0.29) is 23.7 Å². The molecule has 104 valence electrons. The fourth-order valence-electron chi connectivity index (χ4n) is 3.14. The molecule has 3 heterocycles. The molecule has 0 spiro atoms. The zero-order valence-corrected chi connectivity index (χ0v) is 11.2. The van der Waals surface area contributed by atoms with Crippen molar-refractivity contribution >= 4 is 11.9 Å². The summed E-state index contributed by atoms with van der Waals surface area (Å²) in [5, 5.41) is 6.33. The second-order valence-corrected chi connectivity index (χ2v) is 5.49. The Balaban J connectivity index is 1.75. The molecule has 0 aliphatic carbocycles. The molecular formula is C12H20N6O. The van der Waals surface area contributed by atoms with Crippen molar-refractivity contribution in [3.05, 3.63) is 5.82 Å². The number of H-pyrrole nitrogens is 1. The van der Waals surface area contributed by atoms with Gasteiger partial charge in [-0.1, -0.05) is 6.42 Å². The van der Waals surface area contributed by atoms with Crippen molar-refractivity contribution in [2.75, 3.05) is 25.4 Å². The lowest BCUT2D eigenvalue weighted by atomic mass is 9.97. The standard InChI is InChI=1S/C12H20N6O/c1-8-6-17-5-3-2-4-9(17)7-18(8)11(19)10-14-12(13)16-15-10/h8-9H,2-7H2,1H3,(H3,13,14,15,16).